The lowest BCUT2D eigenvalue weighted by Gasteiger charge is -2.12. The number of thioether (sulfide) groups is 1. The van der Waals surface area contributed by atoms with Crippen LogP contribution in [-0.2, 0) is 10.0 Å². The van der Waals surface area contributed by atoms with Crippen molar-refractivity contribution >= 4 is 38.8 Å². The van der Waals surface area contributed by atoms with Gasteiger partial charge in [-0.1, -0.05) is 18.2 Å². The number of nitro benzene ring substituents is 1. The van der Waals surface area contributed by atoms with Gasteiger partial charge in [-0.2, -0.15) is 0 Å². The Morgan fingerprint density at radius 1 is 1.23 bits per heavy atom. The number of nitrogens with zero attached hydrogens (tertiary/aromatic N) is 1. The van der Waals surface area contributed by atoms with Gasteiger partial charge in [-0.15, -0.1) is 11.8 Å². The maximum absolute atomic E-state index is 12.3. The average molecular weight is 339 g/mol. The summed E-state index contributed by atoms with van der Waals surface area (Å²) in [5, 5.41) is 11.0. The third kappa shape index (κ3) is 3.31. The normalized spacial score (nSPS) is 11.1. The number of hydrogen-bond donors (Lipinski definition) is 2. The van der Waals surface area contributed by atoms with E-state index in [1.807, 2.05) is 0 Å². The van der Waals surface area contributed by atoms with Gasteiger partial charge >= 0.3 is 0 Å². The van der Waals surface area contributed by atoms with Crippen molar-refractivity contribution in [1.82, 2.24) is 0 Å². The van der Waals surface area contributed by atoms with Crippen LogP contribution in [0.1, 0.15) is 0 Å². The van der Waals surface area contributed by atoms with Gasteiger partial charge in [0.2, 0.25) is 0 Å². The van der Waals surface area contributed by atoms with E-state index in [1.165, 1.54) is 30.0 Å². The average Bonchev–Trinajstić information content (AvgIpc) is 2.49. The number of hydrogen-bond acceptors (Lipinski definition) is 6. The zero-order chi connectivity index (χ0) is 16.3. The Morgan fingerprint density at radius 2 is 1.86 bits per heavy atom. The fourth-order valence-corrected chi connectivity index (χ4v) is 3.53. The molecule has 116 valence electrons. The van der Waals surface area contributed by atoms with Crippen molar-refractivity contribution in [1.29, 1.82) is 0 Å². The molecule has 0 fully saturated rings. The maximum atomic E-state index is 12.3. The van der Waals surface area contributed by atoms with Crippen molar-refractivity contribution in [2.75, 3.05) is 16.7 Å². The molecule has 0 amide bonds. The minimum atomic E-state index is -3.83. The molecule has 0 aliphatic carbocycles. The predicted molar refractivity (Wildman–Crippen MR) is 86.5 cm³/mol. The van der Waals surface area contributed by atoms with Crippen LogP contribution in [0.2, 0.25) is 0 Å². The Labute approximate surface area is 131 Å². The zero-order valence-electron chi connectivity index (χ0n) is 11.5. The fourth-order valence-electron chi connectivity index (χ4n) is 1.79. The molecule has 0 bridgehead atoms. The Hall–Kier alpha value is -2.26. The number of nitrogen functional groups attached to an aromatic ring is 1. The minimum Gasteiger partial charge on any atom is -0.393 e. The van der Waals surface area contributed by atoms with Gasteiger partial charge in [0.25, 0.3) is 15.7 Å². The smallest absolute Gasteiger partial charge is 0.294 e. The van der Waals surface area contributed by atoms with Crippen LogP contribution < -0.4 is 10.5 Å². The summed E-state index contributed by atoms with van der Waals surface area (Å²) in [4.78, 5) is 10.9. The van der Waals surface area contributed by atoms with E-state index in [-0.39, 0.29) is 22.0 Å². The summed E-state index contributed by atoms with van der Waals surface area (Å²) < 4.78 is 27.0. The van der Waals surface area contributed by atoms with Crippen LogP contribution in [0.15, 0.2) is 52.3 Å². The molecule has 0 saturated heterocycles. The van der Waals surface area contributed by atoms with Crippen molar-refractivity contribution in [2.24, 2.45) is 0 Å². The second kappa shape index (κ2) is 6.24. The van der Waals surface area contributed by atoms with Crippen LogP contribution in [0.3, 0.4) is 0 Å². The monoisotopic (exact) mass is 339 g/mol. The molecule has 0 aromatic heterocycles. The first-order valence-corrected chi connectivity index (χ1v) is 8.75. The van der Waals surface area contributed by atoms with Crippen LogP contribution >= 0.6 is 11.8 Å². The molecule has 0 saturated carbocycles. The fraction of sp³-hybridized carbons (Fsp3) is 0.0769. The molecular formula is C13H13N3O4S2. The number of sulfonamides is 1. The third-order valence-electron chi connectivity index (χ3n) is 2.84. The topological polar surface area (TPSA) is 115 Å². The Kier molecular flexibility index (Phi) is 4.57. The number of nitrogens with one attached hydrogen (secondary N) is 1. The van der Waals surface area contributed by atoms with Crippen LogP contribution in [0.25, 0.3) is 0 Å². The van der Waals surface area contributed by atoms with Gasteiger partial charge in [-0.3, -0.25) is 14.8 Å². The number of nitrogens with two attached hydrogens (primary N) is 1. The van der Waals surface area contributed by atoms with E-state index in [2.05, 4.69) is 4.72 Å². The lowest BCUT2D eigenvalue weighted by atomic mass is 10.2. The summed E-state index contributed by atoms with van der Waals surface area (Å²) >= 11 is 1.24. The molecule has 2 aromatic rings. The molecule has 22 heavy (non-hydrogen) atoms. The van der Waals surface area contributed by atoms with Crippen LogP contribution in [0.4, 0.5) is 17.1 Å². The highest BCUT2D eigenvalue weighted by atomic mass is 32.2. The summed E-state index contributed by atoms with van der Waals surface area (Å²) in [5.41, 5.74) is 5.37. The van der Waals surface area contributed by atoms with Gasteiger partial charge in [-0.05, 0) is 24.5 Å². The standard InChI is InChI=1S/C13H13N3O4S2/c1-21-13-7-10(14)12(16(17)18)8-11(13)15-22(19,20)9-5-3-2-4-6-9/h2-8,15H,14H2,1H3. The molecule has 0 aliphatic heterocycles. The zero-order valence-corrected chi connectivity index (χ0v) is 13.1. The lowest BCUT2D eigenvalue weighted by molar-refractivity contribution is -0.383. The molecule has 0 heterocycles. The van der Waals surface area contributed by atoms with Gasteiger partial charge in [0, 0.05) is 11.0 Å². The maximum Gasteiger partial charge on any atom is 0.294 e. The first-order chi connectivity index (χ1) is 10.3. The highest BCUT2D eigenvalue weighted by Crippen LogP contribution is 2.35. The van der Waals surface area contributed by atoms with Gasteiger partial charge in [0.05, 0.1) is 15.5 Å². The van der Waals surface area contributed by atoms with E-state index in [0.29, 0.717) is 4.90 Å². The third-order valence-corrected chi connectivity index (χ3v) is 5.00. The number of benzene rings is 2. The van der Waals surface area contributed by atoms with Gasteiger partial charge in [0.1, 0.15) is 5.69 Å². The van der Waals surface area contributed by atoms with Crippen molar-refractivity contribution in [3.8, 4) is 0 Å². The summed E-state index contributed by atoms with van der Waals surface area (Å²) in [6, 6.07) is 10.3. The summed E-state index contributed by atoms with van der Waals surface area (Å²) in [7, 11) is -3.83. The van der Waals surface area contributed by atoms with E-state index >= 15 is 0 Å². The van der Waals surface area contributed by atoms with Crippen LogP contribution in [-0.4, -0.2) is 19.6 Å². The minimum absolute atomic E-state index is 0.0167. The number of anilines is 2. The van der Waals surface area contributed by atoms with Crippen molar-refractivity contribution in [3.63, 3.8) is 0 Å². The molecule has 0 aliphatic rings. The van der Waals surface area contributed by atoms with Crippen molar-refractivity contribution in [3.05, 3.63) is 52.6 Å². The molecule has 0 spiro atoms. The highest BCUT2D eigenvalue weighted by Gasteiger charge is 2.20. The molecular weight excluding hydrogens is 326 g/mol. The SMILES string of the molecule is CSc1cc(N)c([N+](=O)[O-])cc1NS(=O)(=O)c1ccccc1. The summed E-state index contributed by atoms with van der Waals surface area (Å²) in [6.07, 6.45) is 1.72. The van der Waals surface area contributed by atoms with E-state index in [1.54, 1.807) is 24.5 Å². The molecule has 3 N–H and O–H groups in total. The molecule has 0 atom stereocenters. The van der Waals surface area contributed by atoms with Crippen LogP contribution in [0, 0.1) is 10.1 Å². The predicted octanol–water partition coefficient (Wildman–Crippen LogP) is 2.70. The first-order valence-electron chi connectivity index (χ1n) is 6.05. The largest absolute Gasteiger partial charge is 0.393 e. The van der Waals surface area contributed by atoms with E-state index in [0.717, 1.165) is 6.07 Å². The molecule has 2 rings (SSSR count). The lowest BCUT2D eigenvalue weighted by Crippen LogP contribution is -2.14. The quantitative estimate of drug-likeness (QED) is 0.374. The van der Waals surface area contributed by atoms with E-state index in [9.17, 15) is 18.5 Å². The van der Waals surface area contributed by atoms with Crippen molar-refractivity contribution < 1.29 is 13.3 Å². The number of nitro groups is 1. The summed E-state index contributed by atoms with van der Waals surface area (Å²) in [6.45, 7) is 0. The second-order valence-corrected chi connectivity index (χ2v) is 6.82. The van der Waals surface area contributed by atoms with Gasteiger partial charge in [0.15, 0.2) is 0 Å². The Balaban J connectivity index is 2.49. The molecule has 7 nitrogen and oxygen atoms in total. The van der Waals surface area contributed by atoms with Gasteiger partial charge in [-0.25, -0.2) is 8.42 Å². The van der Waals surface area contributed by atoms with E-state index < -0.39 is 14.9 Å². The van der Waals surface area contributed by atoms with Crippen LogP contribution in [0.5, 0.6) is 0 Å². The molecule has 0 radical (unpaired) electrons. The van der Waals surface area contributed by atoms with Gasteiger partial charge < -0.3 is 5.73 Å². The number of rotatable bonds is 5. The van der Waals surface area contributed by atoms with Crippen molar-refractivity contribution in [2.45, 2.75) is 9.79 Å². The Bertz CT molecular complexity index is 808. The summed E-state index contributed by atoms with van der Waals surface area (Å²) in [5.74, 6) is 0. The first kappa shape index (κ1) is 16.1. The second-order valence-electron chi connectivity index (χ2n) is 4.29. The Morgan fingerprint density at radius 3 is 2.41 bits per heavy atom. The molecule has 0 unspecified atom stereocenters. The molecule has 2 aromatic carbocycles. The molecule has 9 heteroatoms. The van der Waals surface area contributed by atoms with E-state index in [4.69, 9.17) is 5.73 Å². The highest BCUT2D eigenvalue weighted by molar-refractivity contribution is 7.99.